The second-order valence-corrected chi connectivity index (χ2v) is 10.5. The largest absolute Gasteiger partial charge is 0.481 e. The van der Waals surface area contributed by atoms with E-state index in [2.05, 4.69) is 15.6 Å². The molecule has 1 aliphatic rings. The van der Waals surface area contributed by atoms with E-state index in [0.29, 0.717) is 12.2 Å². The van der Waals surface area contributed by atoms with Gasteiger partial charge in [-0.3, -0.25) is 14.4 Å². The minimum atomic E-state index is -0.914. The van der Waals surface area contributed by atoms with Crippen LogP contribution in [0.5, 0.6) is 0 Å². The van der Waals surface area contributed by atoms with E-state index < -0.39 is 29.3 Å². The molecule has 1 unspecified atom stereocenters. The van der Waals surface area contributed by atoms with Crippen molar-refractivity contribution in [3.05, 3.63) is 24.4 Å². The lowest BCUT2D eigenvalue weighted by Gasteiger charge is -2.36. The molecule has 2 rings (SSSR count). The molecular weight excluding hydrogens is 406 g/mol. The summed E-state index contributed by atoms with van der Waals surface area (Å²) in [6, 6.07) is 4.39. The van der Waals surface area contributed by atoms with Crippen LogP contribution in [0, 0.1) is 29.1 Å². The number of hydrogen-bond acceptors (Lipinski definition) is 4. The highest BCUT2D eigenvalue weighted by molar-refractivity contribution is 5.97. The fourth-order valence-electron chi connectivity index (χ4n) is 4.68. The van der Waals surface area contributed by atoms with Crippen molar-refractivity contribution in [2.45, 2.75) is 79.2 Å². The molecule has 7 heteroatoms. The molecule has 0 aliphatic heterocycles. The van der Waals surface area contributed by atoms with Gasteiger partial charge in [-0.15, -0.1) is 0 Å². The van der Waals surface area contributed by atoms with Gasteiger partial charge in [0.2, 0.25) is 11.8 Å². The number of carbonyl (C=O) groups excluding carboxylic acids is 2. The van der Waals surface area contributed by atoms with Crippen molar-refractivity contribution in [2.75, 3.05) is 5.32 Å². The molecule has 0 radical (unpaired) electrons. The molecule has 2 amide bonds. The summed E-state index contributed by atoms with van der Waals surface area (Å²) in [5.41, 5.74) is -0.569. The maximum atomic E-state index is 13.5. The molecule has 178 valence electrons. The van der Waals surface area contributed by atoms with Crippen molar-refractivity contribution in [3.8, 4) is 0 Å². The van der Waals surface area contributed by atoms with Gasteiger partial charge in [-0.25, -0.2) is 4.98 Å². The first kappa shape index (κ1) is 25.8. The third-order valence-corrected chi connectivity index (χ3v) is 6.27. The third-order valence-electron chi connectivity index (χ3n) is 6.27. The average Bonchev–Trinajstić information content (AvgIpc) is 2.71. The van der Waals surface area contributed by atoms with Crippen molar-refractivity contribution < 1.29 is 19.5 Å². The molecule has 0 aromatic carbocycles. The third kappa shape index (κ3) is 7.31. The molecule has 1 aromatic heterocycles. The number of carbonyl (C=O) groups is 3. The van der Waals surface area contributed by atoms with Crippen LogP contribution in [0.15, 0.2) is 24.4 Å². The van der Waals surface area contributed by atoms with Gasteiger partial charge in [-0.05, 0) is 48.6 Å². The van der Waals surface area contributed by atoms with Crippen molar-refractivity contribution in [3.63, 3.8) is 0 Å². The van der Waals surface area contributed by atoms with Crippen LogP contribution in [-0.2, 0) is 14.4 Å². The van der Waals surface area contributed by atoms with Gasteiger partial charge in [-0.1, -0.05) is 59.9 Å². The van der Waals surface area contributed by atoms with Gasteiger partial charge < -0.3 is 15.7 Å². The first-order chi connectivity index (χ1) is 15.0. The van der Waals surface area contributed by atoms with Crippen molar-refractivity contribution in [1.82, 2.24) is 10.3 Å². The zero-order chi connectivity index (χ0) is 23.9. The summed E-state index contributed by atoms with van der Waals surface area (Å²) in [4.78, 5) is 43.0. The van der Waals surface area contributed by atoms with Crippen molar-refractivity contribution in [2.24, 2.45) is 29.1 Å². The highest BCUT2D eigenvalue weighted by Crippen LogP contribution is 2.37. The monoisotopic (exact) mass is 445 g/mol. The zero-order valence-corrected chi connectivity index (χ0v) is 20.1. The van der Waals surface area contributed by atoms with Crippen LogP contribution in [0.25, 0.3) is 0 Å². The fraction of sp³-hybridized carbons (Fsp3) is 0.680. The molecule has 3 N–H and O–H groups in total. The standard InChI is InChI=1S/C25H39N3O4/c1-16(2)15-18(20(24(31)32)17-11-7-6-8-12-17)22(29)28-21(25(3,4)5)23(30)27-19-13-9-10-14-26-19/h9-10,13-14,16-18,20-21H,6-8,11-12,15H2,1-5H3,(H,28,29)(H,31,32)(H,26,27,30)/t18-,20+,21?/m1/s1. The first-order valence-electron chi connectivity index (χ1n) is 11.8. The lowest BCUT2D eigenvalue weighted by atomic mass is 9.71. The smallest absolute Gasteiger partial charge is 0.307 e. The van der Waals surface area contributed by atoms with Crippen LogP contribution >= 0.6 is 0 Å². The van der Waals surface area contributed by atoms with Crippen LogP contribution in [0.1, 0.15) is 73.1 Å². The van der Waals surface area contributed by atoms with Gasteiger partial charge >= 0.3 is 5.97 Å². The molecule has 32 heavy (non-hydrogen) atoms. The quantitative estimate of drug-likeness (QED) is 0.519. The van der Waals surface area contributed by atoms with E-state index in [1.165, 1.54) is 0 Å². The van der Waals surface area contributed by atoms with Crippen LogP contribution in [0.4, 0.5) is 5.82 Å². The summed E-state index contributed by atoms with van der Waals surface area (Å²) in [7, 11) is 0. The van der Waals surface area contributed by atoms with E-state index in [0.717, 1.165) is 32.1 Å². The lowest BCUT2D eigenvalue weighted by molar-refractivity contribution is -0.151. The molecule has 1 aromatic rings. The van der Waals surface area contributed by atoms with Gasteiger partial charge in [0, 0.05) is 6.20 Å². The van der Waals surface area contributed by atoms with Gasteiger partial charge in [0.05, 0.1) is 11.8 Å². The number of rotatable bonds is 9. The summed E-state index contributed by atoms with van der Waals surface area (Å²) >= 11 is 0. The molecular formula is C25H39N3O4. The molecule has 3 atom stereocenters. The van der Waals surface area contributed by atoms with E-state index in [1.54, 1.807) is 24.4 Å². The number of amides is 2. The van der Waals surface area contributed by atoms with Gasteiger partial charge in [-0.2, -0.15) is 0 Å². The maximum absolute atomic E-state index is 13.5. The Morgan fingerprint density at radius 1 is 1.09 bits per heavy atom. The highest BCUT2D eigenvalue weighted by Gasteiger charge is 2.42. The summed E-state index contributed by atoms with van der Waals surface area (Å²) in [5, 5.41) is 15.8. The number of nitrogens with zero attached hydrogens (tertiary/aromatic N) is 1. The minimum Gasteiger partial charge on any atom is -0.481 e. The van der Waals surface area contributed by atoms with E-state index >= 15 is 0 Å². The van der Waals surface area contributed by atoms with E-state index in [-0.39, 0.29) is 23.7 Å². The topological polar surface area (TPSA) is 108 Å². The molecule has 1 heterocycles. The van der Waals surface area contributed by atoms with E-state index in [4.69, 9.17) is 0 Å². The average molecular weight is 446 g/mol. The second kappa shape index (κ2) is 11.4. The normalized spacial score (nSPS) is 17.9. The Labute approximate surface area is 191 Å². The van der Waals surface area contributed by atoms with Gasteiger partial charge in [0.25, 0.3) is 0 Å². The predicted molar refractivity (Wildman–Crippen MR) is 125 cm³/mol. The summed E-state index contributed by atoms with van der Waals surface area (Å²) < 4.78 is 0. The molecule has 1 aliphatic carbocycles. The Morgan fingerprint density at radius 3 is 2.25 bits per heavy atom. The summed E-state index contributed by atoms with van der Waals surface area (Å²) in [6.45, 7) is 9.62. The summed E-state index contributed by atoms with van der Waals surface area (Å²) in [6.07, 6.45) is 6.84. The van der Waals surface area contributed by atoms with E-state index in [9.17, 15) is 19.5 Å². The van der Waals surface area contributed by atoms with Crippen molar-refractivity contribution in [1.29, 1.82) is 0 Å². The SMILES string of the molecule is CC(C)C[C@@H](C(=O)NC(C(=O)Nc1ccccn1)C(C)(C)C)[C@@H](C(=O)O)C1CCCCC1. The molecule has 0 saturated heterocycles. The second-order valence-electron chi connectivity index (χ2n) is 10.5. The lowest BCUT2D eigenvalue weighted by Crippen LogP contribution is -2.54. The Balaban J connectivity index is 2.27. The van der Waals surface area contributed by atoms with Gasteiger partial charge in [0.1, 0.15) is 11.9 Å². The maximum Gasteiger partial charge on any atom is 0.307 e. The Morgan fingerprint density at radius 2 is 1.75 bits per heavy atom. The Hall–Kier alpha value is -2.44. The number of pyridine rings is 1. The highest BCUT2D eigenvalue weighted by atomic mass is 16.4. The fourth-order valence-corrected chi connectivity index (χ4v) is 4.68. The Kier molecular flexibility index (Phi) is 9.22. The van der Waals surface area contributed by atoms with Crippen LogP contribution in [0.3, 0.4) is 0 Å². The number of aliphatic carboxylic acids is 1. The van der Waals surface area contributed by atoms with Crippen LogP contribution < -0.4 is 10.6 Å². The first-order valence-corrected chi connectivity index (χ1v) is 11.8. The van der Waals surface area contributed by atoms with Crippen LogP contribution in [0.2, 0.25) is 0 Å². The predicted octanol–water partition coefficient (Wildman–Crippen LogP) is 4.49. The summed E-state index contributed by atoms with van der Waals surface area (Å²) in [5.74, 6) is -2.49. The number of aromatic nitrogens is 1. The molecule has 7 nitrogen and oxygen atoms in total. The van der Waals surface area contributed by atoms with E-state index in [1.807, 2.05) is 34.6 Å². The number of hydrogen-bond donors (Lipinski definition) is 3. The van der Waals surface area contributed by atoms with Crippen molar-refractivity contribution >= 4 is 23.6 Å². The minimum absolute atomic E-state index is 0.00816. The molecule has 0 bridgehead atoms. The van der Waals surface area contributed by atoms with Crippen LogP contribution in [-0.4, -0.2) is 33.9 Å². The zero-order valence-electron chi connectivity index (χ0n) is 20.1. The molecule has 1 fully saturated rings. The number of carboxylic acid groups (broad SMARTS) is 1. The number of carboxylic acids is 1. The number of anilines is 1. The molecule has 0 spiro atoms. The van der Waals surface area contributed by atoms with Gasteiger partial charge in [0.15, 0.2) is 0 Å². The number of nitrogens with one attached hydrogen (secondary N) is 2. The molecule has 1 saturated carbocycles. The Bertz CT molecular complexity index is 767.